The van der Waals surface area contributed by atoms with Crippen LogP contribution in [-0.2, 0) is 0 Å². The molecule has 1 N–H and O–H groups in total. The zero-order chi connectivity index (χ0) is 21.8. The molecule has 162 valence electrons. The predicted octanol–water partition coefficient (Wildman–Crippen LogP) is 6.36. The van der Waals surface area contributed by atoms with Gasteiger partial charge in [-0.1, -0.05) is 29.8 Å². The average Bonchev–Trinajstić information content (AvgIpc) is 3.28. The molecule has 9 heteroatoms. The third-order valence-corrected chi connectivity index (χ3v) is 6.72. The first-order valence-corrected chi connectivity index (χ1v) is 11.7. The van der Waals surface area contributed by atoms with Gasteiger partial charge in [-0.05, 0) is 54.8 Å². The van der Waals surface area contributed by atoms with E-state index in [2.05, 4.69) is 20.7 Å². The molecule has 0 amide bonds. The van der Waals surface area contributed by atoms with Crippen molar-refractivity contribution in [3.63, 3.8) is 0 Å². The van der Waals surface area contributed by atoms with Gasteiger partial charge in [0.1, 0.15) is 29.8 Å². The molecule has 1 aliphatic rings. The van der Waals surface area contributed by atoms with Crippen LogP contribution in [0.1, 0.15) is 12.0 Å². The number of nitrogens with one attached hydrogen (secondary N) is 1. The highest BCUT2D eigenvalue weighted by atomic mass is 35.5. The number of rotatable bonds is 7. The Morgan fingerprint density at radius 2 is 2.10 bits per heavy atom. The maximum Gasteiger partial charge on any atom is 0.147 e. The Morgan fingerprint density at radius 3 is 2.84 bits per heavy atom. The highest BCUT2D eigenvalue weighted by Crippen LogP contribution is 2.34. The van der Waals surface area contributed by atoms with Gasteiger partial charge in [-0.3, -0.25) is 4.90 Å². The number of benzene rings is 2. The Labute approximate surface area is 193 Å². The van der Waals surface area contributed by atoms with Gasteiger partial charge >= 0.3 is 0 Å². The largest absolute Gasteiger partial charge is 0.490 e. The lowest BCUT2D eigenvalue weighted by Crippen LogP contribution is -2.40. The highest BCUT2D eigenvalue weighted by molar-refractivity contribution is 8.00. The van der Waals surface area contributed by atoms with Gasteiger partial charge in [0, 0.05) is 18.0 Å². The van der Waals surface area contributed by atoms with Gasteiger partial charge in [-0.25, -0.2) is 13.8 Å². The number of hydrogen-bond donors (Lipinski definition) is 1. The van der Waals surface area contributed by atoms with E-state index in [9.17, 15) is 8.78 Å². The highest BCUT2D eigenvalue weighted by Gasteiger charge is 2.25. The molecule has 31 heavy (non-hydrogen) atoms. The summed E-state index contributed by atoms with van der Waals surface area (Å²) in [5.41, 5.74) is 3.70. The van der Waals surface area contributed by atoms with Crippen molar-refractivity contribution in [3.8, 4) is 5.75 Å². The Kier molecular flexibility index (Phi) is 7.12. The molecule has 1 aromatic heterocycles. The maximum absolute atomic E-state index is 14.6. The van der Waals surface area contributed by atoms with E-state index in [0.717, 1.165) is 36.1 Å². The molecule has 2 aromatic carbocycles. The van der Waals surface area contributed by atoms with Crippen molar-refractivity contribution in [2.24, 2.45) is 0 Å². The summed E-state index contributed by atoms with van der Waals surface area (Å²) in [6, 6.07) is 9.21. The Bertz CT molecular complexity index is 1060. The molecule has 0 radical (unpaired) electrons. The first-order valence-electron chi connectivity index (χ1n) is 9.60. The molecule has 0 saturated carbocycles. The van der Waals surface area contributed by atoms with E-state index < -0.39 is 5.82 Å². The van der Waals surface area contributed by atoms with E-state index in [1.54, 1.807) is 17.6 Å². The van der Waals surface area contributed by atoms with E-state index in [1.165, 1.54) is 35.6 Å². The molecule has 0 aliphatic carbocycles. The molecular weight excluding hydrogens is 460 g/mol. The van der Waals surface area contributed by atoms with Crippen LogP contribution in [-0.4, -0.2) is 36.1 Å². The maximum atomic E-state index is 14.6. The van der Waals surface area contributed by atoms with Gasteiger partial charge in [0.25, 0.3) is 0 Å². The summed E-state index contributed by atoms with van der Waals surface area (Å²) >= 11 is 8.92. The second kappa shape index (κ2) is 9.99. The average molecular weight is 480 g/mol. The summed E-state index contributed by atoms with van der Waals surface area (Å²) in [6.45, 7) is 1.17. The van der Waals surface area contributed by atoms with Crippen LogP contribution in [0.5, 0.6) is 5.75 Å². The van der Waals surface area contributed by atoms with Crippen LogP contribution in [0.25, 0.3) is 5.57 Å². The Balaban J connectivity index is 1.46. The molecule has 0 saturated heterocycles. The fourth-order valence-corrected chi connectivity index (χ4v) is 4.86. The first-order chi connectivity index (χ1) is 15.0. The summed E-state index contributed by atoms with van der Waals surface area (Å²) < 4.78 is 36.9. The van der Waals surface area contributed by atoms with Crippen LogP contribution in [0.2, 0.25) is 5.02 Å². The molecule has 0 bridgehead atoms. The van der Waals surface area contributed by atoms with Gasteiger partial charge < -0.3 is 9.46 Å². The number of ether oxygens (including phenoxy) is 1. The van der Waals surface area contributed by atoms with Gasteiger partial charge in [0.15, 0.2) is 0 Å². The van der Waals surface area contributed by atoms with Crippen LogP contribution >= 0.6 is 34.9 Å². The summed E-state index contributed by atoms with van der Waals surface area (Å²) in [4.78, 5) is 6.63. The van der Waals surface area contributed by atoms with Crippen LogP contribution in [0.15, 0.2) is 58.3 Å². The van der Waals surface area contributed by atoms with Crippen molar-refractivity contribution in [3.05, 3.63) is 75.6 Å². The molecule has 2 heterocycles. The topological polar surface area (TPSA) is 37.4 Å². The summed E-state index contributed by atoms with van der Waals surface area (Å²) in [6.07, 6.45) is 3.04. The van der Waals surface area contributed by atoms with Crippen LogP contribution in [0, 0.1) is 11.6 Å². The first kappa shape index (κ1) is 22.1. The van der Waals surface area contributed by atoms with E-state index >= 15 is 0 Å². The van der Waals surface area contributed by atoms with Crippen molar-refractivity contribution in [2.75, 3.05) is 24.9 Å². The quantitative estimate of drug-likeness (QED) is 0.399. The lowest BCUT2D eigenvalue weighted by Gasteiger charge is -2.33. The SMILES string of the molecule is CN1CCC=C(c2ccc(F)cc2)C1COc1cc(F)c(SNc2cscn2)cc1Cl. The molecule has 4 rings (SSSR count). The lowest BCUT2D eigenvalue weighted by molar-refractivity contribution is 0.193. The molecule has 3 aromatic rings. The smallest absolute Gasteiger partial charge is 0.147 e. The number of hydrogen-bond acceptors (Lipinski definition) is 6. The minimum Gasteiger partial charge on any atom is -0.490 e. The van der Waals surface area contributed by atoms with Crippen LogP contribution in [0.3, 0.4) is 0 Å². The third kappa shape index (κ3) is 5.38. The van der Waals surface area contributed by atoms with Crippen molar-refractivity contribution in [1.82, 2.24) is 9.88 Å². The van der Waals surface area contributed by atoms with Crippen LogP contribution in [0.4, 0.5) is 14.6 Å². The number of anilines is 1. The molecule has 0 spiro atoms. The summed E-state index contributed by atoms with van der Waals surface area (Å²) in [5, 5.41) is 2.16. The van der Waals surface area contributed by atoms with E-state index in [1.807, 2.05) is 12.4 Å². The van der Waals surface area contributed by atoms with Crippen molar-refractivity contribution >= 4 is 46.3 Å². The van der Waals surface area contributed by atoms with Gasteiger partial charge in [-0.15, -0.1) is 11.3 Å². The molecule has 1 atom stereocenters. The van der Waals surface area contributed by atoms with E-state index in [-0.39, 0.29) is 17.6 Å². The van der Waals surface area contributed by atoms with Crippen LogP contribution < -0.4 is 9.46 Å². The lowest BCUT2D eigenvalue weighted by atomic mass is 9.94. The number of halogens is 3. The van der Waals surface area contributed by atoms with Crippen molar-refractivity contribution in [2.45, 2.75) is 17.4 Å². The van der Waals surface area contributed by atoms with Gasteiger partial charge in [0.05, 0.1) is 21.5 Å². The summed E-state index contributed by atoms with van der Waals surface area (Å²) in [7, 11) is 2.01. The molecule has 1 unspecified atom stereocenters. The monoisotopic (exact) mass is 479 g/mol. The molecule has 1 aliphatic heterocycles. The second-order valence-electron chi connectivity index (χ2n) is 7.05. The number of nitrogens with zero attached hydrogens (tertiary/aromatic N) is 2. The fourth-order valence-electron chi connectivity index (χ4n) is 3.36. The normalized spacial score (nSPS) is 16.8. The molecule has 4 nitrogen and oxygen atoms in total. The summed E-state index contributed by atoms with van der Waals surface area (Å²) in [5.74, 6) is 0.241. The van der Waals surface area contributed by atoms with E-state index in [0.29, 0.717) is 22.3 Å². The second-order valence-corrected chi connectivity index (χ2v) is 9.03. The number of likely N-dealkylation sites (N-methyl/N-ethyl adjacent to an activating group) is 1. The number of aromatic nitrogens is 1. The Hall–Kier alpha value is -2.13. The third-order valence-electron chi connectivity index (χ3n) is 5.00. The van der Waals surface area contributed by atoms with Crippen molar-refractivity contribution < 1.29 is 13.5 Å². The predicted molar refractivity (Wildman–Crippen MR) is 124 cm³/mol. The zero-order valence-electron chi connectivity index (χ0n) is 16.6. The molecule has 0 fully saturated rings. The van der Waals surface area contributed by atoms with Crippen molar-refractivity contribution in [1.29, 1.82) is 0 Å². The van der Waals surface area contributed by atoms with Gasteiger partial charge in [0.2, 0.25) is 0 Å². The Morgan fingerprint density at radius 1 is 1.29 bits per heavy atom. The fraction of sp³-hybridized carbons (Fsp3) is 0.227. The number of thiazole rings is 1. The zero-order valence-corrected chi connectivity index (χ0v) is 19.0. The minimum atomic E-state index is -0.432. The molecular formula is C22H20ClF2N3OS2. The van der Waals surface area contributed by atoms with Gasteiger partial charge in [-0.2, -0.15) is 0 Å². The van der Waals surface area contributed by atoms with E-state index in [4.69, 9.17) is 16.3 Å². The minimum absolute atomic E-state index is 0.0567. The standard InChI is InChI=1S/C22H20ClF2N3OS2/c1-28-8-2-3-16(14-4-6-15(24)7-5-14)19(28)11-29-20-10-18(25)21(9-17(20)23)31-27-22-12-30-13-26-22/h3-7,9-10,12-13,19,27H,2,8,11H2,1H3.